The standard InChI is InChI=1S/C56H37NO/c1-3-15-38(16-4-1)42-32-36-53(51(37-42)39-17-5-2-6-18-39)57(52-26-11-9-21-48(52)49-25-14-28-55-56(49)50-22-10-12-27-54(50)58-55)43-33-29-41(30-34-43)45-23-13-24-46-44-20-8-7-19-40(44)31-35-47(45)46/h1-37H. The van der Waals surface area contributed by atoms with E-state index in [1.54, 1.807) is 0 Å². The maximum atomic E-state index is 6.41. The molecule has 0 amide bonds. The fraction of sp³-hybridized carbons (Fsp3) is 0. The molecule has 1 aromatic heterocycles. The third-order valence-electron chi connectivity index (χ3n) is 11.5. The zero-order valence-electron chi connectivity index (χ0n) is 31.7. The van der Waals surface area contributed by atoms with Crippen molar-refractivity contribution in [1.82, 2.24) is 0 Å². The Morgan fingerprint density at radius 3 is 1.72 bits per heavy atom. The normalized spacial score (nSPS) is 11.4. The summed E-state index contributed by atoms with van der Waals surface area (Å²) in [5.74, 6) is 0. The van der Waals surface area contributed by atoms with E-state index in [9.17, 15) is 0 Å². The third-order valence-corrected chi connectivity index (χ3v) is 11.5. The molecule has 0 N–H and O–H groups in total. The molecule has 0 aliphatic carbocycles. The number of fused-ring (bicyclic) bond motifs is 6. The highest BCUT2D eigenvalue weighted by atomic mass is 16.3. The summed E-state index contributed by atoms with van der Waals surface area (Å²) in [4.78, 5) is 2.44. The van der Waals surface area contributed by atoms with Crippen molar-refractivity contribution >= 4 is 60.5 Å². The maximum Gasteiger partial charge on any atom is 0.136 e. The van der Waals surface area contributed by atoms with Gasteiger partial charge in [0.05, 0.1) is 11.4 Å². The van der Waals surface area contributed by atoms with Crippen molar-refractivity contribution in [2.45, 2.75) is 0 Å². The highest BCUT2D eigenvalue weighted by molar-refractivity contribution is 6.14. The van der Waals surface area contributed by atoms with Crippen molar-refractivity contribution in [3.05, 3.63) is 224 Å². The topological polar surface area (TPSA) is 16.4 Å². The van der Waals surface area contributed by atoms with Gasteiger partial charge in [-0.1, -0.05) is 182 Å². The summed E-state index contributed by atoms with van der Waals surface area (Å²) in [6, 6.07) is 80.7. The van der Waals surface area contributed by atoms with Crippen LogP contribution in [0.1, 0.15) is 0 Å². The van der Waals surface area contributed by atoms with Crippen molar-refractivity contribution in [1.29, 1.82) is 0 Å². The molecule has 272 valence electrons. The van der Waals surface area contributed by atoms with E-state index in [2.05, 4.69) is 223 Å². The molecule has 0 aliphatic heterocycles. The summed E-state index contributed by atoms with van der Waals surface area (Å²) in [6.07, 6.45) is 0. The lowest BCUT2D eigenvalue weighted by molar-refractivity contribution is 0.669. The van der Waals surface area contributed by atoms with Crippen LogP contribution in [0.5, 0.6) is 0 Å². The van der Waals surface area contributed by atoms with Gasteiger partial charge in [-0.2, -0.15) is 0 Å². The summed E-state index contributed by atoms with van der Waals surface area (Å²) < 4.78 is 6.41. The molecule has 0 saturated heterocycles. The first-order valence-electron chi connectivity index (χ1n) is 19.8. The zero-order chi connectivity index (χ0) is 38.4. The van der Waals surface area contributed by atoms with Crippen LogP contribution in [0.25, 0.3) is 88.0 Å². The second-order valence-electron chi connectivity index (χ2n) is 14.8. The molecule has 58 heavy (non-hydrogen) atoms. The predicted octanol–water partition coefficient (Wildman–Crippen LogP) is 16.0. The van der Waals surface area contributed by atoms with Crippen molar-refractivity contribution in [2.75, 3.05) is 4.90 Å². The van der Waals surface area contributed by atoms with Crippen LogP contribution in [0.15, 0.2) is 229 Å². The first-order valence-corrected chi connectivity index (χ1v) is 19.8. The Bertz CT molecular complexity index is 3270. The first kappa shape index (κ1) is 33.6. The minimum atomic E-state index is 0.879. The van der Waals surface area contributed by atoms with Crippen LogP contribution in [0, 0.1) is 0 Å². The van der Waals surface area contributed by atoms with E-state index in [-0.39, 0.29) is 0 Å². The van der Waals surface area contributed by atoms with E-state index in [4.69, 9.17) is 4.42 Å². The Labute approximate surface area is 337 Å². The Kier molecular flexibility index (Phi) is 8.19. The molecule has 0 atom stereocenters. The molecule has 0 spiro atoms. The van der Waals surface area contributed by atoms with Gasteiger partial charge >= 0.3 is 0 Å². The molecule has 0 unspecified atom stereocenters. The quantitative estimate of drug-likeness (QED) is 0.151. The molecule has 11 rings (SSSR count). The summed E-state index contributed by atoms with van der Waals surface area (Å²) in [5, 5.41) is 7.27. The number of furan rings is 1. The highest BCUT2D eigenvalue weighted by Crippen LogP contribution is 2.48. The molecule has 0 radical (unpaired) electrons. The van der Waals surface area contributed by atoms with Gasteiger partial charge in [0.15, 0.2) is 0 Å². The number of para-hydroxylation sites is 2. The third kappa shape index (κ3) is 5.74. The first-order chi connectivity index (χ1) is 28.8. The van der Waals surface area contributed by atoms with Gasteiger partial charge in [0.25, 0.3) is 0 Å². The molecular formula is C56H37NO. The van der Waals surface area contributed by atoms with Crippen LogP contribution in [-0.2, 0) is 0 Å². The van der Waals surface area contributed by atoms with Crippen molar-refractivity contribution in [2.24, 2.45) is 0 Å². The van der Waals surface area contributed by atoms with E-state index in [1.807, 2.05) is 6.07 Å². The van der Waals surface area contributed by atoms with E-state index in [1.165, 1.54) is 43.8 Å². The van der Waals surface area contributed by atoms with Crippen LogP contribution in [0.3, 0.4) is 0 Å². The largest absolute Gasteiger partial charge is 0.456 e. The average molecular weight is 740 g/mol. The minimum absolute atomic E-state index is 0.879. The number of hydrogen-bond donors (Lipinski definition) is 0. The van der Waals surface area contributed by atoms with E-state index >= 15 is 0 Å². The highest BCUT2D eigenvalue weighted by Gasteiger charge is 2.23. The number of benzene rings is 10. The van der Waals surface area contributed by atoms with Gasteiger partial charge in [-0.05, 0) is 97.4 Å². The van der Waals surface area contributed by atoms with Crippen LogP contribution in [-0.4, -0.2) is 0 Å². The zero-order valence-corrected chi connectivity index (χ0v) is 31.7. The molecule has 2 heteroatoms. The molecule has 1 heterocycles. The van der Waals surface area contributed by atoms with Crippen LogP contribution >= 0.6 is 0 Å². The summed E-state index contributed by atoms with van der Waals surface area (Å²) in [6.45, 7) is 0. The summed E-state index contributed by atoms with van der Waals surface area (Å²) in [5.41, 5.74) is 14.3. The number of hydrogen-bond acceptors (Lipinski definition) is 2. The Morgan fingerprint density at radius 2 is 0.879 bits per heavy atom. The Morgan fingerprint density at radius 1 is 0.293 bits per heavy atom. The van der Waals surface area contributed by atoms with E-state index < -0.39 is 0 Å². The lowest BCUT2D eigenvalue weighted by Gasteiger charge is -2.30. The second-order valence-corrected chi connectivity index (χ2v) is 14.8. The molecule has 0 saturated carbocycles. The smallest absolute Gasteiger partial charge is 0.136 e. The van der Waals surface area contributed by atoms with Crippen molar-refractivity contribution < 1.29 is 4.42 Å². The number of rotatable bonds is 7. The minimum Gasteiger partial charge on any atom is -0.456 e. The molecule has 0 aliphatic rings. The van der Waals surface area contributed by atoms with Gasteiger partial charge in [0, 0.05) is 27.6 Å². The molecule has 0 fully saturated rings. The van der Waals surface area contributed by atoms with Gasteiger partial charge in [-0.25, -0.2) is 0 Å². The van der Waals surface area contributed by atoms with Gasteiger partial charge < -0.3 is 9.32 Å². The van der Waals surface area contributed by atoms with Crippen molar-refractivity contribution in [3.8, 4) is 44.5 Å². The SMILES string of the molecule is c1ccc(-c2ccc(N(c3ccc(-c4cccc5c4ccc4ccccc45)cc3)c3ccccc3-c3cccc4oc5ccccc5c34)c(-c3ccccc3)c2)cc1. The average Bonchev–Trinajstić information content (AvgIpc) is 3.69. The fourth-order valence-electron chi connectivity index (χ4n) is 8.78. The summed E-state index contributed by atoms with van der Waals surface area (Å²) in [7, 11) is 0. The second kappa shape index (κ2) is 14.1. The maximum absolute atomic E-state index is 6.41. The van der Waals surface area contributed by atoms with Gasteiger partial charge in [0.2, 0.25) is 0 Å². The van der Waals surface area contributed by atoms with Crippen LogP contribution in [0.2, 0.25) is 0 Å². The van der Waals surface area contributed by atoms with Gasteiger partial charge in [-0.15, -0.1) is 0 Å². The number of anilines is 3. The monoisotopic (exact) mass is 739 g/mol. The lowest BCUT2D eigenvalue weighted by atomic mass is 9.93. The fourth-order valence-corrected chi connectivity index (χ4v) is 8.78. The predicted molar refractivity (Wildman–Crippen MR) is 245 cm³/mol. The number of nitrogens with zero attached hydrogens (tertiary/aromatic N) is 1. The van der Waals surface area contributed by atoms with Gasteiger partial charge in [0.1, 0.15) is 11.2 Å². The van der Waals surface area contributed by atoms with Crippen molar-refractivity contribution in [3.63, 3.8) is 0 Å². The summed E-state index contributed by atoms with van der Waals surface area (Å²) >= 11 is 0. The van der Waals surface area contributed by atoms with Gasteiger partial charge in [-0.3, -0.25) is 0 Å². The molecule has 2 nitrogen and oxygen atoms in total. The van der Waals surface area contributed by atoms with Crippen LogP contribution < -0.4 is 4.90 Å². The molecule has 11 aromatic rings. The van der Waals surface area contributed by atoms with Crippen LogP contribution in [0.4, 0.5) is 17.1 Å². The Hall–Kier alpha value is -7.68. The van der Waals surface area contributed by atoms with E-state index in [0.717, 1.165) is 61.3 Å². The molecule has 0 bridgehead atoms. The molecule has 10 aromatic carbocycles. The molecular weight excluding hydrogens is 703 g/mol. The lowest BCUT2D eigenvalue weighted by Crippen LogP contribution is -2.12. The van der Waals surface area contributed by atoms with E-state index in [0.29, 0.717) is 0 Å². The Balaban J connectivity index is 1.14.